The monoisotopic (exact) mass is 476 g/mol. The van der Waals surface area contributed by atoms with E-state index in [-0.39, 0.29) is 0 Å². The Bertz CT molecular complexity index is 1490. The second-order valence-electron chi connectivity index (χ2n) is 8.34. The molecule has 5 aromatic rings. The number of aryl methyl sites for hydroxylation is 1. The molecule has 0 aliphatic carbocycles. The number of nitrogens with one attached hydrogen (secondary N) is 3. The van der Waals surface area contributed by atoms with Crippen molar-refractivity contribution in [2.45, 2.75) is 13.5 Å². The second kappa shape index (κ2) is 10.1. The summed E-state index contributed by atoms with van der Waals surface area (Å²) in [4.78, 5) is 33.0. The molecule has 1 aromatic heterocycles. The van der Waals surface area contributed by atoms with Gasteiger partial charge in [0.2, 0.25) is 0 Å². The summed E-state index contributed by atoms with van der Waals surface area (Å²) in [5, 5.41) is 5.09. The van der Waals surface area contributed by atoms with Crippen molar-refractivity contribution in [1.29, 1.82) is 0 Å². The molecule has 0 spiro atoms. The molecule has 36 heavy (non-hydrogen) atoms. The van der Waals surface area contributed by atoms with Crippen LogP contribution in [0.5, 0.6) is 5.75 Å². The third-order valence-electron chi connectivity index (χ3n) is 5.73. The number of para-hydroxylation sites is 2. The highest BCUT2D eigenvalue weighted by atomic mass is 16.5. The Morgan fingerprint density at radius 3 is 2.42 bits per heavy atom. The predicted molar refractivity (Wildman–Crippen MR) is 140 cm³/mol. The average Bonchev–Trinajstić information content (AvgIpc) is 3.33. The number of nitrogens with zero attached hydrogens (tertiary/aromatic N) is 1. The van der Waals surface area contributed by atoms with Crippen molar-refractivity contribution >= 4 is 28.7 Å². The van der Waals surface area contributed by atoms with E-state index >= 15 is 0 Å². The van der Waals surface area contributed by atoms with Gasteiger partial charge in [-0.25, -0.2) is 9.78 Å². The first-order valence-corrected chi connectivity index (χ1v) is 11.5. The quantitative estimate of drug-likeness (QED) is 0.277. The van der Waals surface area contributed by atoms with Crippen molar-refractivity contribution in [1.82, 2.24) is 15.3 Å². The molecule has 0 fully saturated rings. The number of imide groups is 1. The molecule has 7 heteroatoms. The number of benzene rings is 4. The van der Waals surface area contributed by atoms with E-state index in [9.17, 15) is 9.59 Å². The lowest BCUT2D eigenvalue weighted by Gasteiger charge is -2.10. The van der Waals surface area contributed by atoms with Crippen molar-refractivity contribution < 1.29 is 14.3 Å². The van der Waals surface area contributed by atoms with Gasteiger partial charge in [-0.3, -0.25) is 10.1 Å². The van der Waals surface area contributed by atoms with Gasteiger partial charge in [-0.1, -0.05) is 48.5 Å². The summed E-state index contributed by atoms with van der Waals surface area (Å²) >= 11 is 0. The number of ether oxygens (including phenoxy) is 1. The molecular formula is C29H24N4O3. The van der Waals surface area contributed by atoms with Crippen LogP contribution in [0.2, 0.25) is 0 Å². The van der Waals surface area contributed by atoms with Crippen LogP contribution in [0.25, 0.3) is 22.4 Å². The maximum absolute atomic E-state index is 12.6. The highest BCUT2D eigenvalue weighted by Gasteiger charge is 2.13. The summed E-state index contributed by atoms with van der Waals surface area (Å²) in [6, 6.07) is 29.1. The SMILES string of the molecule is Cc1ccc(NC(=O)NC(=O)c2ccc(OCc3ccccc3)cc2)cc1-c1nc2ccccc2[nH]1. The van der Waals surface area contributed by atoms with E-state index in [1.54, 1.807) is 30.3 Å². The van der Waals surface area contributed by atoms with Gasteiger partial charge < -0.3 is 15.0 Å². The molecule has 0 aliphatic heterocycles. The van der Waals surface area contributed by atoms with Gasteiger partial charge in [0.05, 0.1) is 11.0 Å². The molecule has 178 valence electrons. The summed E-state index contributed by atoms with van der Waals surface area (Å²) in [7, 11) is 0. The fourth-order valence-corrected chi connectivity index (χ4v) is 3.82. The number of H-pyrrole nitrogens is 1. The Kier molecular flexibility index (Phi) is 6.44. The number of fused-ring (bicyclic) bond motifs is 1. The molecule has 0 saturated carbocycles. The highest BCUT2D eigenvalue weighted by molar-refractivity contribution is 6.08. The zero-order chi connectivity index (χ0) is 24.9. The first kappa shape index (κ1) is 22.9. The lowest BCUT2D eigenvalue weighted by atomic mass is 10.1. The van der Waals surface area contributed by atoms with Crippen LogP contribution in [0.3, 0.4) is 0 Å². The van der Waals surface area contributed by atoms with E-state index in [1.165, 1.54) is 0 Å². The summed E-state index contributed by atoms with van der Waals surface area (Å²) in [5.41, 5.74) is 5.62. The Hall–Kier alpha value is -4.91. The van der Waals surface area contributed by atoms with Crippen LogP contribution in [-0.4, -0.2) is 21.9 Å². The molecule has 0 atom stereocenters. The molecule has 3 amide bonds. The first-order chi connectivity index (χ1) is 17.5. The van der Waals surface area contributed by atoms with Gasteiger partial charge in [-0.2, -0.15) is 0 Å². The molecule has 0 unspecified atom stereocenters. The van der Waals surface area contributed by atoms with E-state index in [4.69, 9.17) is 4.74 Å². The minimum Gasteiger partial charge on any atom is -0.489 e. The largest absolute Gasteiger partial charge is 0.489 e. The van der Waals surface area contributed by atoms with Gasteiger partial charge in [0.25, 0.3) is 5.91 Å². The number of aromatic nitrogens is 2. The number of hydrogen-bond donors (Lipinski definition) is 3. The number of hydrogen-bond acceptors (Lipinski definition) is 4. The summed E-state index contributed by atoms with van der Waals surface area (Å²) in [6.07, 6.45) is 0. The second-order valence-corrected chi connectivity index (χ2v) is 8.34. The van der Waals surface area contributed by atoms with Crippen molar-refractivity contribution in [3.05, 3.63) is 114 Å². The average molecular weight is 477 g/mol. The Morgan fingerprint density at radius 2 is 1.64 bits per heavy atom. The predicted octanol–water partition coefficient (Wildman–Crippen LogP) is 6.08. The molecule has 3 N–H and O–H groups in total. The minimum absolute atomic E-state index is 0.351. The van der Waals surface area contributed by atoms with Crippen LogP contribution in [-0.2, 0) is 6.61 Å². The number of carbonyl (C=O) groups is 2. The van der Waals surface area contributed by atoms with E-state index in [1.807, 2.05) is 73.7 Å². The van der Waals surface area contributed by atoms with Crippen LogP contribution in [0.1, 0.15) is 21.5 Å². The third kappa shape index (κ3) is 5.26. The maximum atomic E-state index is 12.6. The lowest BCUT2D eigenvalue weighted by molar-refractivity contribution is 0.0967. The van der Waals surface area contributed by atoms with Gasteiger partial charge in [0.1, 0.15) is 18.2 Å². The molecular weight excluding hydrogens is 452 g/mol. The summed E-state index contributed by atoms with van der Waals surface area (Å²) in [5.74, 6) is 0.841. The van der Waals surface area contributed by atoms with Crippen molar-refractivity contribution in [3.63, 3.8) is 0 Å². The van der Waals surface area contributed by atoms with E-state index in [0.717, 1.165) is 27.7 Å². The van der Waals surface area contributed by atoms with Crippen molar-refractivity contribution in [3.8, 4) is 17.1 Å². The van der Waals surface area contributed by atoms with Gasteiger partial charge in [-0.05, 0) is 66.6 Å². The minimum atomic E-state index is -0.621. The van der Waals surface area contributed by atoms with Crippen molar-refractivity contribution in [2.75, 3.05) is 5.32 Å². The van der Waals surface area contributed by atoms with Crippen LogP contribution < -0.4 is 15.4 Å². The fraction of sp³-hybridized carbons (Fsp3) is 0.0690. The Morgan fingerprint density at radius 1 is 0.889 bits per heavy atom. The molecule has 4 aromatic carbocycles. The van der Waals surface area contributed by atoms with E-state index in [0.29, 0.717) is 29.4 Å². The van der Waals surface area contributed by atoms with Gasteiger partial charge in [0.15, 0.2) is 0 Å². The fourth-order valence-electron chi connectivity index (χ4n) is 3.82. The van der Waals surface area contributed by atoms with Crippen LogP contribution in [0.15, 0.2) is 97.1 Å². The molecule has 5 rings (SSSR count). The normalized spacial score (nSPS) is 10.7. The maximum Gasteiger partial charge on any atom is 0.326 e. The molecule has 1 heterocycles. The number of carbonyl (C=O) groups excluding carboxylic acids is 2. The van der Waals surface area contributed by atoms with Crippen LogP contribution >= 0.6 is 0 Å². The van der Waals surface area contributed by atoms with Gasteiger partial charge in [-0.15, -0.1) is 0 Å². The van der Waals surface area contributed by atoms with E-state index < -0.39 is 11.9 Å². The summed E-state index contributed by atoms with van der Waals surface area (Å²) < 4.78 is 5.74. The number of aromatic amines is 1. The lowest BCUT2D eigenvalue weighted by Crippen LogP contribution is -2.34. The number of amides is 3. The first-order valence-electron chi connectivity index (χ1n) is 11.5. The standard InChI is InChI=1S/C29H24N4O3/c1-19-11-14-22(17-24(19)27-31-25-9-5-6-10-26(25)32-27)30-29(35)33-28(34)21-12-15-23(16-13-21)36-18-20-7-3-2-4-8-20/h2-17H,18H2,1H3,(H,31,32)(H2,30,33,34,35). The number of anilines is 1. The van der Waals surface area contributed by atoms with E-state index in [2.05, 4.69) is 20.6 Å². The highest BCUT2D eigenvalue weighted by Crippen LogP contribution is 2.26. The third-order valence-corrected chi connectivity index (χ3v) is 5.73. The number of imidazole rings is 1. The Balaban J connectivity index is 1.21. The topological polar surface area (TPSA) is 96.1 Å². The summed E-state index contributed by atoms with van der Waals surface area (Å²) in [6.45, 7) is 2.41. The Labute approximate surface area is 208 Å². The smallest absolute Gasteiger partial charge is 0.326 e. The van der Waals surface area contributed by atoms with Crippen molar-refractivity contribution in [2.24, 2.45) is 0 Å². The van der Waals surface area contributed by atoms with Crippen LogP contribution in [0, 0.1) is 6.92 Å². The van der Waals surface area contributed by atoms with Gasteiger partial charge in [0, 0.05) is 16.8 Å². The molecule has 0 bridgehead atoms. The molecule has 0 aliphatic rings. The van der Waals surface area contributed by atoms with Crippen LogP contribution in [0.4, 0.5) is 10.5 Å². The molecule has 0 saturated heterocycles. The zero-order valence-corrected chi connectivity index (χ0v) is 19.6. The molecule has 0 radical (unpaired) electrons. The molecule has 7 nitrogen and oxygen atoms in total. The zero-order valence-electron chi connectivity index (χ0n) is 19.6. The van der Waals surface area contributed by atoms with Gasteiger partial charge >= 0.3 is 6.03 Å². The number of urea groups is 1. The number of rotatable bonds is 6.